The highest BCUT2D eigenvalue weighted by Crippen LogP contribution is 2.14. The molecular weight excluding hydrogens is 184 g/mol. The zero-order valence-corrected chi connectivity index (χ0v) is 9.78. The average molecular weight is 201 g/mol. The van der Waals surface area contributed by atoms with Crippen LogP contribution in [0.1, 0.15) is 17.2 Å². The van der Waals surface area contributed by atoms with Crippen LogP contribution in [0.4, 0.5) is 0 Å². The van der Waals surface area contributed by atoms with Crippen LogP contribution in [-0.4, -0.2) is 4.57 Å². The van der Waals surface area contributed by atoms with Crippen molar-refractivity contribution in [3.63, 3.8) is 0 Å². The Kier molecular flexibility index (Phi) is 2.35. The molecule has 2 aromatic rings. The maximum absolute atomic E-state index is 2.29. The molecule has 2 rings (SSSR count). The van der Waals surface area contributed by atoms with Crippen LogP contribution in [0.3, 0.4) is 0 Å². The summed E-state index contributed by atoms with van der Waals surface area (Å²) >= 11 is 0. The lowest BCUT2D eigenvalue weighted by Gasteiger charge is -1.99. The maximum Gasteiger partial charge on any atom is 0.258 e. The summed E-state index contributed by atoms with van der Waals surface area (Å²) in [5, 5.41) is 0. The third-order valence-electron chi connectivity index (χ3n) is 3.19. The lowest BCUT2D eigenvalue weighted by molar-refractivity contribution is -0.683. The molecule has 0 amide bonds. The lowest BCUT2D eigenvalue weighted by atomic mass is 10.3. The van der Waals surface area contributed by atoms with Crippen LogP contribution in [0.25, 0.3) is 5.69 Å². The van der Waals surface area contributed by atoms with E-state index in [1.165, 1.54) is 22.9 Å². The summed E-state index contributed by atoms with van der Waals surface area (Å²) in [5.41, 5.74) is 3.86. The molecule has 0 spiro atoms. The summed E-state index contributed by atoms with van der Waals surface area (Å²) in [4.78, 5) is 0. The Labute approximate surface area is 90.8 Å². The van der Waals surface area contributed by atoms with Crippen LogP contribution in [0.2, 0.25) is 0 Å². The fraction of sp³-hybridized carbons (Fsp3) is 0.308. The molecule has 0 radical (unpaired) electrons. The first-order chi connectivity index (χ1) is 7.13. The van der Waals surface area contributed by atoms with Gasteiger partial charge in [0.2, 0.25) is 0 Å². The van der Waals surface area contributed by atoms with E-state index in [0.717, 1.165) is 0 Å². The molecule has 2 heteroatoms. The van der Waals surface area contributed by atoms with Gasteiger partial charge in [0.15, 0.2) is 0 Å². The van der Waals surface area contributed by atoms with Gasteiger partial charge < -0.3 is 0 Å². The molecule has 15 heavy (non-hydrogen) atoms. The molecule has 0 bridgehead atoms. The normalized spacial score (nSPS) is 10.7. The highest BCUT2D eigenvalue weighted by Gasteiger charge is 2.20. The molecule has 1 aromatic heterocycles. The fourth-order valence-corrected chi connectivity index (χ4v) is 2.00. The number of hydrogen-bond acceptors (Lipinski definition) is 0. The molecule has 0 aliphatic carbocycles. The van der Waals surface area contributed by atoms with E-state index in [2.05, 4.69) is 61.2 Å². The zero-order chi connectivity index (χ0) is 11.0. The molecule has 0 saturated carbocycles. The molecule has 2 nitrogen and oxygen atoms in total. The van der Waals surface area contributed by atoms with E-state index in [1.807, 2.05) is 6.07 Å². The number of hydrogen-bond donors (Lipinski definition) is 0. The number of benzene rings is 1. The molecule has 0 aliphatic heterocycles. The zero-order valence-electron chi connectivity index (χ0n) is 9.78. The van der Waals surface area contributed by atoms with Crippen LogP contribution in [0.15, 0.2) is 30.3 Å². The molecule has 1 heterocycles. The minimum atomic E-state index is 1.23. The Balaban J connectivity index is 2.69. The summed E-state index contributed by atoms with van der Waals surface area (Å²) in [7, 11) is 2.11. The van der Waals surface area contributed by atoms with Crippen LogP contribution < -0.4 is 4.57 Å². The lowest BCUT2D eigenvalue weighted by Crippen LogP contribution is -2.33. The number of para-hydroxylation sites is 1. The van der Waals surface area contributed by atoms with Crippen LogP contribution in [-0.2, 0) is 7.05 Å². The van der Waals surface area contributed by atoms with Crippen molar-refractivity contribution in [1.29, 1.82) is 0 Å². The molecule has 0 unspecified atom stereocenters. The van der Waals surface area contributed by atoms with Crippen LogP contribution in [0, 0.1) is 20.8 Å². The average Bonchev–Trinajstić information content (AvgIpc) is 2.45. The second-order valence-corrected chi connectivity index (χ2v) is 3.95. The SMILES string of the molecule is Cc1c(C)[n+](C)c(C)n1-c1ccccc1. The van der Waals surface area contributed by atoms with Gasteiger partial charge in [0.05, 0.1) is 7.05 Å². The first kappa shape index (κ1) is 9.97. The first-order valence-electron chi connectivity index (χ1n) is 5.23. The largest absolute Gasteiger partial charge is 0.258 e. The number of aromatic nitrogens is 2. The molecule has 0 N–H and O–H groups in total. The van der Waals surface area contributed by atoms with Gasteiger partial charge in [-0.25, -0.2) is 4.57 Å². The van der Waals surface area contributed by atoms with Gasteiger partial charge >= 0.3 is 0 Å². The van der Waals surface area contributed by atoms with Gasteiger partial charge in [0.25, 0.3) is 5.82 Å². The Hall–Kier alpha value is -1.57. The van der Waals surface area contributed by atoms with Crippen molar-refractivity contribution in [3.8, 4) is 5.69 Å². The van der Waals surface area contributed by atoms with Crippen molar-refractivity contribution in [2.24, 2.45) is 7.05 Å². The molecule has 0 saturated heterocycles. The van der Waals surface area contributed by atoms with Gasteiger partial charge in [-0.1, -0.05) is 18.2 Å². The third-order valence-corrected chi connectivity index (χ3v) is 3.19. The van der Waals surface area contributed by atoms with Crippen molar-refractivity contribution in [2.45, 2.75) is 20.8 Å². The molecule has 0 atom stereocenters. The minimum Gasteiger partial charge on any atom is -0.234 e. The van der Waals surface area contributed by atoms with Gasteiger partial charge in [-0.05, 0) is 12.1 Å². The van der Waals surface area contributed by atoms with Gasteiger partial charge in [-0.15, -0.1) is 0 Å². The summed E-state index contributed by atoms with van der Waals surface area (Å²) in [6, 6.07) is 10.5. The summed E-state index contributed by atoms with van der Waals surface area (Å²) in [5.74, 6) is 1.26. The van der Waals surface area contributed by atoms with E-state index < -0.39 is 0 Å². The van der Waals surface area contributed by atoms with E-state index in [-0.39, 0.29) is 0 Å². The summed E-state index contributed by atoms with van der Waals surface area (Å²) < 4.78 is 4.51. The van der Waals surface area contributed by atoms with Gasteiger partial charge in [-0.2, -0.15) is 4.57 Å². The van der Waals surface area contributed by atoms with Crippen molar-refractivity contribution < 1.29 is 4.57 Å². The van der Waals surface area contributed by atoms with Gasteiger partial charge in [-0.3, -0.25) is 0 Å². The third kappa shape index (κ3) is 1.46. The first-order valence-corrected chi connectivity index (χ1v) is 5.23. The van der Waals surface area contributed by atoms with E-state index in [4.69, 9.17) is 0 Å². The van der Waals surface area contributed by atoms with Crippen molar-refractivity contribution >= 4 is 0 Å². The second-order valence-electron chi connectivity index (χ2n) is 3.95. The van der Waals surface area contributed by atoms with Gasteiger partial charge in [0, 0.05) is 20.8 Å². The Morgan fingerprint density at radius 2 is 1.60 bits per heavy atom. The predicted molar refractivity (Wildman–Crippen MR) is 61.2 cm³/mol. The highest BCUT2D eigenvalue weighted by molar-refractivity contribution is 5.35. The summed E-state index contributed by atoms with van der Waals surface area (Å²) in [6.07, 6.45) is 0. The van der Waals surface area contributed by atoms with Gasteiger partial charge in [0.1, 0.15) is 17.1 Å². The minimum absolute atomic E-state index is 1.23. The number of nitrogens with zero attached hydrogens (tertiary/aromatic N) is 2. The van der Waals surface area contributed by atoms with Crippen molar-refractivity contribution in [3.05, 3.63) is 47.5 Å². The van der Waals surface area contributed by atoms with E-state index >= 15 is 0 Å². The van der Waals surface area contributed by atoms with E-state index in [0.29, 0.717) is 0 Å². The van der Waals surface area contributed by atoms with Crippen LogP contribution >= 0.6 is 0 Å². The highest BCUT2D eigenvalue weighted by atomic mass is 15.2. The fourth-order valence-electron chi connectivity index (χ4n) is 2.00. The summed E-state index contributed by atoms with van der Waals surface area (Å²) in [6.45, 7) is 6.46. The van der Waals surface area contributed by atoms with Crippen LogP contribution in [0.5, 0.6) is 0 Å². The molecule has 0 fully saturated rings. The van der Waals surface area contributed by atoms with Crippen molar-refractivity contribution in [2.75, 3.05) is 0 Å². The molecule has 1 aromatic carbocycles. The Bertz CT molecular complexity index is 455. The number of rotatable bonds is 1. The Morgan fingerprint density at radius 3 is 2.07 bits per heavy atom. The molecule has 0 aliphatic rings. The Morgan fingerprint density at radius 1 is 1.00 bits per heavy atom. The van der Waals surface area contributed by atoms with E-state index in [9.17, 15) is 0 Å². The maximum atomic E-state index is 2.29. The topological polar surface area (TPSA) is 8.81 Å². The smallest absolute Gasteiger partial charge is 0.234 e. The standard InChI is InChI=1S/C13H17N2/c1-10-11(2)15(12(3)14(10)4)13-8-6-5-7-9-13/h5-9H,1-4H3/q+1. The predicted octanol–water partition coefficient (Wildman–Crippen LogP) is 2.23. The second kappa shape index (κ2) is 3.54. The molecular formula is C13H17N2+. The van der Waals surface area contributed by atoms with Crippen molar-refractivity contribution in [1.82, 2.24) is 4.57 Å². The monoisotopic (exact) mass is 201 g/mol. The quantitative estimate of drug-likeness (QED) is 0.626. The number of imidazole rings is 1. The molecule has 78 valence electrons. The van der Waals surface area contributed by atoms with E-state index in [1.54, 1.807) is 0 Å².